The molecule has 0 bridgehead atoms. The Labute approximate surface area is 144 Å². The van der Waals surface area contributed by atoms with E-state index in [-0.39, 0.29) is 5.97 Å². The monoisotopic (exact) mass is 342 g/mol. The normalized spacial score (nSPS) is 10.5. The number of nitrogens with zero attached hydrogens (tertiary/aromatic N) is 2. The third-order valence-electron chi connectivity index (χ3n) is 3.43. The second-order valence-electron chi connectivity index (χ2n) is 5.13. The lowest BCUT2D eigenvalue weighted by Crippen LogP contribution is -2.05. The first kappa shape index (κ1) is 16.3. The van der Waals surface area contributed by atoms with Crippen LogP contribution in [0.4, 0.5) is 0 Å². The molecule has 0 atom stereocenters. The molecule has 124 valence electrons. The van der Waals surface area contributed by atoms with Crippen molar-refractivity contribution in [1.82, 2.24) is 9.78 Å². The molecule has 0 spiro atoms. The molecule has 2 aromatic heterocycles. The molecule has 0 aliphatic heterocycles. The molecule has 6 heteroatoms. The Kier molecular flexibility index (Phi) is 5.28. The van der Waals surface area contributed by atoms with E-state index in [2.05, 4.69) is 5.10 Å². The summed E-state index contributed by atoms with van der Waals surface area (Å²) >= 11 is 1.38. The van der Waals surface area contributed by atoms with Gasteiger partial charge in [-0.05, 0) is 30.3 Å². The zero-order valence-electron chi connectivity index (χ0n) is 13.3. The van der Waals surface area contributed by atoms with E-state index in [1.165, 1.54) is 18.4 Å². The summed E-state index contributed by atoms with van der Waals surface area (Å²) in [5, 5.41) is 4.54. The maximum atomic E-state index is 11.5. The summed E-state index contributed by atoms with van der Waals surface area (Å²) in [6, 6.07) is 15.4. The maximum Gasteiger partial charge on any atom is 0.348 e. The zero-order chi connectivity index (χ0) is 16.8. The summed E-state index contributed by atoms with van der Waals surface area (Å²) in [6.07, 6.45) is 2.81. The predicted octanol–water partition coefficient (Wildman–Crippen LogP) is 3.87. The lowest BCUT2D eigenvalue weighted by atomic mass is 10.3. The first-order valence-corrected chi connectivity index (χ1v) is 8.48. The quantitative estimate of drug-likeness (QED) is 0.483. The zero-order valence-corrected chi connectivity index (χ0v) is 14.2. The second-order valence-corrected chi connectivity index (χ2v) is 6.22. The summed E-state index contributed by atoms with van der Waals surface area (Å²) in [4.78, 5) is 13.0. The number of aryl methyl sites for hydroxylation is 1. The van der Waals surface area contributed by atoms with Gasteiger partial charge in [0.15, 0.2) is 0 Å². The van der Waals surface area contributed by atoms with E-state index in [4.69, 9.17) is 9.47 Å². The minimum Gasteiger partial charge on any atom is -0.494 e. The van der Waals surface area contributed by atoms with Crippen LogP contribution in [0.2, 0.25) is 0 Å². The number of rotatable bonds is 7. The topological polar surface area (TPSA) is 53.4 Å². The molecule has 3 aromatic rings. The summed E-state index contributed by atoms with van der Waals surface area (Å²) in [7, 11) is 1.38. The molecule has 0 saturated heterocycles. The van der Waals surface area contributed by atoms with Crippen molar-refractivity contribution >= 4 is 17.3 Å². The Morgan fingerprint density at radius 1 is 1.17 bits per heavy atom. The number of thiophene rings is 1. The SMILES string of the molecule is COC(=O)c1ccc(-c2ccn(CCCOc3ccccc3)n2)s1. The first-order chi connectivity index (χ1) is 11.8. The summed E-state index contributed by atoms with van der Waals surface area (Å²) < 4.78 is 12.3. The molecular weight excluding hydrogens is 324 g/mol. The van der Waals surface area contributed by atoms with Crippen molar-refractivity contribution in [3.05, 3.63) is 59.6 Å². The summed E-state index contributed by atoms with van der Waals surface area (Å²) in [6.45, 7) is 1.42. The van der Waals surface area contributed by atoms with Gasteiger partial charge < -0.3 is 9.47 Å². The van der Waals surface area contributed by atoms with E-state index in [1.54, 1.807) is 6.07 Å². The van der Waals surface area contributed by atoms with Crippen LogP contribution in [0.15, 0.2) is 54.7 Å². The number of carbonyl (C=O) groups excluding carboxylic acids is 1. The number of hydrogen-bond acceptors (Lipinski definition) is 5. The van der Waals surface area contributed by atoms with Gasteiger partial charge in [-0.1, -0.05) is 18.2 Å². The molecule has 0 N–H and O–H groups in total. The fourth-order valence-electron chi connectivity index (χ4n) is 2.24. The van der Waals surface area contributed by atoms with Gasteiger partial charge in [-0.2, -0.15) is 5.10 Å². The van der Waals surface area contributed by atoms with Gasteiger partial charge in [-0.25, -0.2) is 4.79 Å². The van der Waals surface area contributed by atoms with Gasteiger partial charge in [0, 0.05) is 19.2 Å². The molecule has 2 heterocycles. The standard InChI is InChI=1S/C18H18N2O3S/c1-22-18(21)17-9-8-16(24-17)15-10-12-20(19-15)11-5-13-23-14-6-3-2-4-7-14/h2-4,6-10,12H,5,11,13H2,1H3. The van der Waals surface area contributed by atoms with Crippen LogP contribution in [-0.2, 0) is 11.3 Å². The highest BCUT2D eigenvalue weighted by Gasteiger charge is 2.11. The highest BCUT2D eigenvalue weighted by atomic mass is 32.1. The third kappa shape index (κ3) is 4.02. The molecule has 0 aliphatic rings. The van der Waals surface area contributed by atoms with Crippen LogP contribution in [0.5, 0.6) is 5.75 Å². The van der Waals surface area contributed by atoms with Gasteiger partial charge in [-0.3, -0.25) is 4.68 Å². The van der Waals surface area contributed by atoms with E-state index in [0.29, 0.717) is 11.5 Å². The molecular formula is C18H18N2O3S. The van der Waals surface area contributed by atoms with Crippen LogP contribution in [0, 0.1) is 0 Å². The molecule has 3 rings (SSSR count). The van der Waals surface area contributed by atoms with Crippen molar-refractivity contribution in [1.29, 1.82) is 0 Å². The number of benzene rings is 1. The number of ether oxygens (including phenoxy) is 2. The van der Waals surface area contributed by atoms with Gasteiger partial charge in [0.2, 0.25) is 0 Å². The number of esters is 1. The summed E-state index contributed by atoms with van der Waals surface area (Å²) in [5.41, 5.74) is 0.860. The molecule has 1 aromatic carbocycles. The largest absolute Gasteiger partial charge is 0.494 e. The van der Waals surface area contributed by atoms with Crippen molar-refractivity contribution in [2.45, 2.75) is 13.0 Å². The summed E-state index contributed by atoms with van der Waals surface area (Å²) in [5.74, 6) is 0.566. The van der Waals surface area contributed by atoms with Crippen LogP contribution in [0.25, 0.3) is 10.6 Å². The number of para-hydroxylation sites is 1. The van der Waals surface area contributed by atoms with E-state index >= 15 is 0 Å². The van der Waals surface area contributed by atoms with E-state index in [1.807, 2.05) is 53.3 Å². The minimum atomic E-state index is -0.316. The smallest absolute Gasteiger partial charge is 0.348 e. The van der Waals surface area contributed by atoms with Crippen LogP contribution in [-0.4, -0.2) is 29.5 Å². The van der Waals surface area contributed by atoms with Crippen LogP contribution >= 0.6 is 11.3 Å². The lowest BCUT2D eigenvalue weighted by Gasteiger charge is -2.05. The fourth-order valence-corrected chi connectivity index (χ4v) is 3.13. The molecule has 0 aliphatic carbocycles. The molecule has 24 heavy (non-hydrogen) atoms. The number of hydrogen-bond donors (Lipinski definition) is 0. The van der Waals surface area contributed by atoms with Gasteiger partial charge in [-0.15, -0.1) is 11.3 Å². The Bertz CT molecular complexity index is 795. The van der Waals surface area contributed by atoms with Crippen LogP contribution in [0.1, 0.15) is 16.1 Å². The second kappa shape index (κ2) is 7.79. The Balaban J connectivity index is 1.52. The van der Waals surface area contributed by atoms with Crippen molar-refractivity contribution in [2.75, 3.05) is 13.7 Å². The van der Waals surface area contributed by atoms with Gasteiger partial charge in [0.1, 0.15) is 16.3 Å². The van der Waals surface area contributed by atoms with Crippen LogP contribution < -0.4 is 4.74 Å². The molecule has 0 unspecified atom stereocenters. The van der Waals surface area contributed by atoms with E-state index in [0.717, 1.165) is 29.3 Å². The van der Waals surface area contributed by atoms with E-state index < -0.39 is 0 Å². The van der Waals surface area contributed by atoms with Crippen molar-refractivity contribution in [3.8, 4) is 16.3 Å². The van der Waals surface area contributed by atoms with E-state index in [9.17, 15) is 4.79 Å². The van der Waals surface area contributed by atoms with Crippen molar-refractivity contribution in [2.24, 2.45) is 0 Å². The maximum absolute atomic E-state index is 11.5. The first-order valence-electron chi connectivity index (χ1n) is 7.66. The molecule has 0 radical (unpaired) electrons. The molecule has 0 saturated carbocycles. The number of methoxy groups -OCH3 is 1. The van der Waals surface area contributed by atoms with Crippen LogP contribution in [0.3, 0.4) is 0 Å². The Morgan fingerprint density at radius 2 is 2.00 bits per heavy atom. The number of carbonyl (C=O) groups is 1. The molecule has 0 fully saturated rings. The third-order valence-corrected chi connectivity index (χ3v) is 4.52. The molecule has 0 amide bonds. The highest BCUT2D eigenvalue weighted by Crippen LogP contribution is 2.27. The average Bonchev–Trinajstić information content (AvgIpc) is 3.28. The number of aromatic nitrogens is 2. The highest BCUT2D eigenvalue weighted by molar-refractivity contribution is 7.17. The predicted molar refractivity (Wildman–Crippen MR) is 93.4 cm³/mol. The average molecular weight is 342 g/mol. The van der Waals surface area contributed by atoms with Gasteiger partial charge in [0.05, 0.1) is 18.6 Å². The van der Waals surface area contributed by atoms with Crippen molar-refractivity contribution in [3.63, 3.8) is 0 Å². The minimum absolute atomic E-state index is 0.316. The Hall–Kier alpha value is -2.60. The van der Waals surface area contributed by atoms with Crippen molar-refractivity contribution < 1.29 is 14.3 Å². The fraction of sp³-hybridized carbons (Fsp3) is 0.222. The Morgan fingerprint density at radius 3 is 2.79 bits per heavy atom. The lowest BCUT2D eigenvalue weighted by molar-refractivity contribution is 0.0606. The van der Waals surface area contributed by atoms with Gasteiger partial charge >= 0.3 is 5.97 Å². The van der Waals surface area contributed by atoms with Gasteiger partial charge in [0.25, 0.3) is 0 Å². The molecule has 5 nitrogen and oxygen atoms in total.